The molecule has 1 nitrogen and oxygen atoms in total. The number of allylic oxidation sites excluding steroid dienone is 2. The summed E-state index contributed by atoms with van der Waals surface area (Å²) in [5.41, 5.74) is 0. The van der Waals surface area contributed by atoms with E-state index in [1.807, 2.05) is 0 Å². The first-order valence-corrected chi connectivity index (χ1v) is 5.85. The van der Waals surface area contributed by atoms with Gasteiger partial charge in [0.1, 0.15) is 0 Å². The Balaban J connectivity index is 3.09. The van der Waals surface area contributed by atoms with Crippen molar-refractivity contribution < 1.29 is 4.74 Å². The molecule has 0 aromatic rings. The van der Waals surface area contributed by atoms with Gasteiger partial charge >= 0.3 is 0 Å². The van der Waals surface area contributed by atoms with Crippen molar-refractivity contribution in [2.24, 2.45) is 11.8 Å². The number of rotatable bonds is 8. The van der Waals surface area contributed by atoms with Gasteiger partial charge in [0.2, 0.25) is 0 Å². The average molecular weight is 198 g/mol. The van der Waals surface area contributed by atoms with Crippen LogP contribution in [0.3, 0.4) is 0 Å². The van der Waals surface area contributed by atoms with Gasteiger partial charge in [-0.05, 0) is 31.1 Å². The van der Waals surface area contributed by atoms with Gasteiger partial charge in [0.15, 0.2) is 0 Å². The molecule has 0 atom stereocenters. The fourth-order valence-corrected chi connectivity index (χ4v) is 1.11. The highest BCUT2D eigenvalue weighted by molar-refractivity contribution is 4.82. The van der Waals surface area contributed by atoms with Crippen LogP contribution in [0, 0.1) is 11.8 Å². The quantitative estimate of drug-likeness (QED) is 0.422. The lowest BCUT2D eigenvalue weighted by Crippen LogP contribution is -2.02. The third-order valence-electron chi connectivity index (χ3n) is 1.88. The summed E-state index contributed by atoms with van der Waals surface area (Å²) in [6, 6.07) is 0. The van der Waals surface area contributed by atoms with Crippen molar-refractivity contribution in [3.63, 3.8) is 0 Å². The standard InChI is InChI=1S/C13H26O/c1-12(2)9-7-5-6-8-10-14-11-13(3)4/h5,7,12-13H,6,8-11H2,1-4H3/b7-5+. The Morgan fingerprint density at radius 1 is 1.00 bits per heavy atom. The molecule has 0 spiro atoms. The van der Waals surface area contributed by atoms with E-state index in [1.54, 1.807) is 0 Å². The molecule has 0 rings (SSSR count). The van der Waals surface area contributed by atoms with E-state index < -0.39 is 0 Å². The molecule has 0 saturated heterocycles. The van der Waals surface area contributed by atoms with E-state index in [9.17, 15) is 0 Å². The third kappa shape index (κ3) is 11.7. The van der Waals surface area contributed by atoms with Crippen molar-refractivity contribution in [3.05, 3.63) is 12.2 Å². The first-order valence-electron chi connectivity index (χ1n) is 5.85. The van der Waals surface area contributed by atoms with Crippen LogP contribution in [0.4, 0.5) is 0 Å². The minimum atomic E-state index is 0.659. The summed E-state index contributed by atoms with van der Waals surface area (Å²) in [4.78, 5) is 0. The molecule has 0 unspecified atom stereocenters. The Morgan fingerprint density at radius 2 is 1.71 bits per heavy atom. The predicted octanol–water partition coefficient (Wildman–Crippen LogP) is 4.04. The highest BCUT2D eigenvalue weighted by Gasteiger charge is 1.92. The van der Waals surface area contributed by atoms with Gasteiger partial charge in [-0.1, -0.05) is 39.8 Å². The lowest BCUT2D eigenvalue weighted by atomic mass is 10.1. The van der Waals surface area contributed by atoms with Crippen molar-refractivity contribution in [2.75, 3.05) is 13.2 Å². The molecule has 84 valence electrons. The molecule has 0 fully saturated rings. The maximum atomic E-state index is 5.49. The Bertz CT molecular complexity index is 136. The molecule has 0 aliphatic carbocycles. The fourth-order valence-electron chi connectivity index (χ4n) is 1.11. The molecule has 0 aliphatic heterocycles. The molecule has 0 radical (unpaired) electrons. The van der Waals surface area contributed by atoms with Crippen LogP contribution in [0.1, 0.15) is 47.0 Å². The van der Waals surface area contributed by atoms with Gasteiger partial charge in [0.05, 0.1) is 0 Å². The average Bonchev–Trinajstić information content (AvgIpc) is 2.08. The molecule has 0 aliphatic rings. The first kappa shape index (κ1) is 13.7. The zero-order valence-corrected chi connectivity index (χ0v) is 10.3. The second kappa shape index (κ2) is 9.26. The summed E-state index contributed by atoms with van der Waals surface area (Å²) in [7, 11) is 0. The van der Waals surface area contributed by atoms with E-state index in [0.717, 1.165) is 32.0 Å². The van der Waals surface area contributed by atoms with Crippen LogP contribution in [0.5, 0.6) is 0 Å². The molecular weight excluding hydrogens is 172 g/mol. The molecule has 0 bridgehead atoms. The summed E-state index contributed by atoms with van der Waals surface area (Å²) >= 11 is 0. The predicted molar refractivity (Wildman–Crippen MR) is 63.5 cm³/mol. The second-order valence-corrected chi connectivity index (χ2v) is 4.71. The van der Waals surface area contributed by atoms with Gasteiger partial charge in [0.25, 0.3) is 0 Å². The summed E-state index contributed by atoms with van der Waals surface area (Å²) in [6.45, 7) is 10.7. The van der Waals surface area contributed by atoms with Crippen LogP contribution in [0.15, 0.2) is 12.2 Å². The SMILES string of the molecule is CC(C)C/C=C/CCCOCC(C)C. The summed E-state index contributed by atoms with van der Waals surface area (Å²) in [5.74, 6) is 1.44. The summed E-state index contributed by atoms with van der Waals surface area (Å²) < 4.78 is 5.49. The summed E-state index contributed by atoms with van der Waals surface area (Å²) in [5, 5.41) is 0. The second-order valence-electron chi connectivity index (χ2n) is 4.71. The minimum absolute atomic E-state index is 0.659. The van der Waals surface area contributed by atoms with Crippen LogP contribution in [0.25, 0.3) is 0 Å². The highest BCUT2D eigenvalue weighted by atomic mass is 16.5. The Morgan fingerprint density at radius 3 is 2.29 bits per heavy atom. The van der Waals surface area contributed by atoms with E-state index in [1.165, 1.54) is 6.42 Å². The van der Waals surface area contributed by atoms with Crippen LogP contribution in [0.2, 0.25) is 0 Å². The maximum Gasteiger partial charge on any atom is 0.0488 e. The van der Waals surface area contributed by atoms with E-state index >= 15 is 0 Å². The van der Waals surface area contributed by atoms with Gasteiger partial charge in [-0.3, -0.25) is 0 Å². The van der Waals surface area contributed by atoms with Crippen LogP contribution in [-0.4, -0.2) is 13.2 Å². The Kier molecular flexibility index (Phi) is 9.06. The topological polar surface area (TPSA) is 9.23 Å². The van der Waals surface area contributed by atoms with Crippen LogP contribution in [-0.2, 0) is 4.74 Å². The number of unbranched alkanes of at least 4 members (excludes halogenated alkanes) is 1. The Labute approximate surface area is 89.5 Å². The zero-order chi connectivity index (χ0) is 10.8. The molecule has 0 aromatic carbocycles. The van der Waals surface area contributed by atoms with Gasteiger partial charge in [-0.25, -0.2) is 0 Å². The van der Waals surface area contributed by atoms with Gasteiger partial charge in [-0.2, -0.15) is 0 Å². The molecule has 0 aromatic heterocycles. The smallest absolute Gasteiger partial charge is 0.0488 e. The molecule has 14 heavy (non-hydrogen) atoms. The highest BCUT2D eigenvalue weighted by Crippen LogP contribution is 2.02. The molecule has 0 heterocycles. The third-order valence-corrected chi connectivity index (χ3v) is 1.88. The van der Waals surface area contributed by atoms with Gasteiger partial charge in [0, 0.05) is 13.2 Å². The van der Waals surface area contributed by atoms with E-state index in [4.69, 9.17) is 4.74 Å². The molecule has 0 amide bonds. The van der Waals surface area contributed by atoms with Gasteiger partial charge in [-0.15, -0.1) is 0 Å². The number of ether oxygens (including phenoxy) is 1. The maximum absolute atomic E-state index is 5.49. The monoisotopic (exact) mass is 198 g/mol. The lowest BCUT2D eigenvalue weighted by molar-refractivity contribution is 0.108. The van der Waals surface area contributed by atoms with Crippen molar-refractivity contribution in [2.45, 2.75) is 47.0 Å². The van der Waals surface area contributed by atoms with Crippen molar-refractivity contribution in [3.8, 4) is 0 Å². The van der Waals surface area contributed by atoms with Crippen molar-refractivity contribution in [1.29, 1.82) is 0 Å². The normalized spacial score (nSPS) is 12.1. The lowest BCUT2D eigenvalue weighted by Gasteiger charge is -2.05. The number of hydrogen-bond acceptors (Lipinski definition) is 1. The van der Waals surface area contributed by atoms with Crippen LogP contribution < -0.4 is 0 Å². The van der Waals surface area contributed by atoms with E-state index in [0.29, 0.717) is 5.92 Å². The first-order chi connectivity index (χ1) is 6.63. The zero-order valence-electron chi connectivity index (χ0n) is 10.3. The molecular formula is C13H26O. The molecule has 0 N–H and O–H groups in total. The van der Waals surface area contributed by atoms with Crippen molar-refractivity contribution >= 4 is 0 Å². The van der Waals surface area contributed by atoms with Crippen LogP contribution >= 0.6 is 0 Å². The Hall–Kier alpha value is -0.300. The fraction of sp³-hybridized carbons (Fsp3) is 0.846. The van der Waals surface area contributed by atoms with E-state index in [-0.39, 0.29) is 0 Å². The van der Waals surface area contributed by atoms with Gasteiger partial charge < -0.3 is 4.74 Å². The molecule has 1 heteroatoms. The minimum Gasteiger partial charge on any atom is -0.381 e. The largest absolute Gasteiger partial charge is 0.381 e. The number of hydrogen-bond donors (Lipinski definition) is 0. The summed E-state index contributed by atoms with van der Waals surface area (Å²) in [6.07, 6.45) is 8.07. The van der Waals surface area contributed by atoms with Crippen molar-refractivity contribution in [1.82, 2.24) is 0 Å². The molecule has 0 saturated carbocycles. The van der Waals surface area contributed by atoms with E-state index in [2.05, 4.69) is 39.8 Å².